The molecule has 0 saturated heterocycles. The Morgan fingerprint density at radius 1 is 1.20 bits per heavy atom. The molecule has 1 aromatic carbocycles. The zero-order valence-corrected chi connectivity index (χ0v) is 12.4. The molecule has 0 fully saturated rings. The van der Waals surface area contributed by atoms with Crippen molar-refractivity contribution in [1.29, 1.82) is 0 Å². The van der Waals surface area contributed by atoms with Gasteiger partial charge in [-0.3, -0.25) is 4.79 Å². The number of benzene rings is 1. The van der Waals surface area contributed by atoms with Gasteiger partial charge < -0.3 is 10.6 Å². The number of amides is 1. The first-order valence-electron chi connectivity index (χ1n) is 6.81. The van der Waals surface area contributed by atoms with E-state index in [0.717, 1.165) is 30.1 Å². The van der Waals surface area contributed by atoms with Crippen LogP contribution in [0.3, 0.4) is 0 Å². The van der Waals surface area contributed by atoms with Crippen molar-refractivity contribution in [3.63, 3.8) is 0 Å². The first-order chi connectivity index (χ1) is 9.81. The van der Waals surface area contributed by atoms with Crippen molar-refractivity contribution in [2.45, 2.75) is 13.3 Å². The number of thiazole rings is 1. The molecule has 5 heteroatoms. The molecule has 0 radical (unpaired) electrons. The average Bonchev–Trinajstić information content (AvgIpc) is 2.98. The second-order valence-corrected chi connectivity index (χ2v) is 5.27. The van der Waals surface area contributed by atoms with E-state index >= 15 is 0 Å². The first kappa shape index (κ1) is 14.7. The lowest BCUT2D eigenvalue weighted by Gasteiger charge is -2.04. The maximum absolute atomic E-state index is 11.9. The molecule has 0 atom stereocenters. The van der Waals surface area contributed by atoms with E-state index in [-0.39, 0.29) is 5.91 Å². The first-order valence-corrected chi connectivity index (χ1v) is 7.69. The fourth-order valence-corrected chi connectivity index (χ4v) is 2.55. The lowest BCUT2D eigenvalue weighted by Crippen LogP contribution is -2.32. The lowest BCUT2D eigenvalue weighted by atomic mass is 10.2. The quantitative estimate of drug-likeness (QED) is 0.770. The molecule has 0 aliphatic carbocycles. The summed E-state index contributed by atoms with van der Waals surface area (Å²) < 4.78 is 0. The SMILES string of the molecule is CCCNCCNC(=O)c1csc(-c2ccccc2)n1. The number of nitrogens with zero attached hydrogens (tertiary/aromatic N) is 1. The molecule has 4 nitrogen and oxygen atoms in total. The molecule has 2 N–H and O–H groups in total. The third-order valence-electron chi connectivity index (χ3n) is 2.77. The van der Waals surface area contributed by atoms with Crippen molar-refractivity contribution in [2.75, 3.05) is 19.6 Å². The molecule has 0 aliphatic rings. The van der Waals surface area contributed by atoms with E-state index < -0.39 is 0 Å². The Morgan fingerprint density at radius 2 is 2.00 bits per heavy atom. The minimum absolute atomic E-state index is 0.110. The summed E-state index contributed by atoms with van der Waals surface area (Å²) in [6, 6.07) is 9.89. The van der Waals surface area contributed by atoms with E-state index in [4.69, 9.17) is 0 Å². The van der Waals surface area contributed by atoms with Gasteiger partial charge >= 0.3 is 0 Å². The van der Waals surface area contributed by atoms with Gasteiger partial charge in [0.1, 0.15) is 10.7 Å². The summed E-state index contributed by atoms with van der Waals surface area (Å²) in [6.45, 7) is 4.50. The van der Waals surface area contributed by atoms with Gasteiger partial charge in [-0.15, -0.1) is 11.3 Å². The van der Waals surface area contributed by atoms with Crippen LogP contribution in [-0.4, -0.2) is 30.5 Å². The van der Waals surface area contributed by atoms with E-state index in [2.05, 4.69) is 22.5 Å². The van der Waals surface area contributed by atoms with Crippen LogP contribution < -0.4 is 10.6 Å². The largest absolute Gasteiger partial charge is 0.349 e. The molecule has 0 bridgehead atoms. The molecule has 1 heterocycles. The summed E-state index contributed by atoms with van der Waals surface area (Å²) >= 11 is 1.49. The zero-order chi connectivity index (χ0) is 14.2. The van der Waals surface area contributed by atoms with Crippen molar-refractivity contribution in [2.24, 2.45) is 0 Å². The summed E-state index contributed by atoms with van der Waals surface area (Å²) in [6.07, 6.45) is 1.10. The molecule has 0 saturated carbocycles. The molecular formula is C15H19N3OS. The van der Waals surface area contributed by atoms with Crippen LogP contribution in [0.15, 0.2) is 35.7 Å². The Kier molecular flexibility index (Phi) is 5.70. The van der Waals surface area contributed by atoms with Crippen molar-refractivity contribution in [1.82, 2.24) is 15.6 Å². The Balaban J connectivity index is 1.87. The van der Waals surface area contributed by atoms with Gasteiger partial charge in [0.05, 0.1) is 0 Å². The Hall–Kier alpha value is -1.72. The molecule has 2 rings (SSSR count). The van der Waals surface area contributed by atoms with Crippen LogP contribution in [0.4, 0.5) is 0 Å². The van der Waals surface area contributed by atoms with Gasteiger partial charge in [-0.2, -0.15) is 0 Å². The number of aromatic nitrogens is 1. The van der Waals surface area contributed by atoms with Crippen LogP contribution in [0.1, 0.15) is 23.8 Å². The number of carbonyl (C=O) groups excluding carboxylic acids is 1. The average molecular weight is 289 g/mol. The van der Waals surface area contributed by atoms with Crippen molar-refractivity contribution >= 4 is 17.2 Å². The van der Waals surface area contributed by atoms with Crippen molar-refractivity contribution in [3.05, 3.63) is 41.4 Å². The predicted molar refractivity (Wildman–Crippen MR) is 83.0 cm³/mol. The van der Waals surface area contributed by atoms with E-state index in [9.17, 15) is 4.79 Å². The Bertz CT molecular complexity index is 539. The second-order valence-electron chi connectivity index (χ2n) is 4.41. The fourth-order valence-electron chi connectivity index (χ4n) is 1.75. The standard InChI is InChI=1S/C15H19N3OS/c1-2-8-16-9-10-17-14(19)13-11-20-15(18-13)12-6-4-3-5-7-12/h3-7,11,16H,2,8-10H2,1H3,(H,17,19). The van der Waals surface area contributed by atoms with Crippen molar-refractivity contribution in [3.8, 4) is 10.6 Å². The third kappa shape index (κ3) is 4.15. The van der Waals surface area contributed by atoms with Gasteiger partial charge in [0.15, 0.2) is 0 Å². The highest BCUT2D eigenvalue weighted by molar-refractivity contribution is 7.13. The zero-order valence-electron chi connectivity index (χ0n) is 11.6. The van der Waals surface area contributed by atoms with Crippen LogP contribution in [0.25, 0.3) is 10.6 Å². The molecule has 1 amide bonds. The van der Waals surface area contributed by atoms with Gasteiger partial charge in [-0.25, -0.2) is 4.98 Å². The maximum Gasteiger partial charge on any atom is 0.270 e. The summed E-state index contributed by atoms with van der Waals surface area (Å²) in [4.78, 5) is 16.3. The van der Waals surface area contributed by atoms with E-state index in [1.807, 2.05) is 30.3 Å². The highest BCUT2D eigenvalue weighted by Gasteiger charge is 2.10. The van der Waals surface area contributed by atoms with E-state index in [1.165, 1.54) is 11.3 Å². The third-order valence-corrected chi connectivity index (χ3v) is 3.66. The van der Waals surface area contributed by atoms with E-state index in [0.29, 0.717) is 12.2 Å². The monoisotopic (exact) mass is 289 g/mol. The van der Waals surface area contributed by atoms with Gasteiger partial charge in [0.25, 0.3) is 5.91 Å². The molecule has 1 aromatic heterocycles. The molecule has 106 valence electrons. The summed E-state index contributed by atoms with van der Waals surface area (Å²) in [5.74, 6) is -0.110. The minimum atomic E-state index is -0.110. The van der Waals surface area contributed by atoms with Crippen LogP contribution in [-0.2, 0) is 0 Å². The number of nitrogens with one attached hydrogen (secondary N) is 2. The van der Waals surface area contributed by atoms with Crippen LogP contribution >= 0.6 is 11.3 Å². The highest BCUT2D eigenvalue weighted by Crippen LogP contribution is 2.23. The molecule has 2 aromatic rings. The summed E-state index contributed by atoms with van der Waals surface area (Å²) in [7, 11) is 0. The van der Waals surface area contributed by atoms with E-state index in [1.54, 1.807) is 5.38 Å². The number of hydrogen-bond acceptors (Lipinski definition) is 4. The van der Waals surface area contributed by atoms with Crippen molar-refractivity contribution < 1.29 is 4.79 Å². The number of hydrogen-bond donors (Lipinski definition) is 2. The van der Waals surface area contributed by atoms with Gasteiger partial charge in [-0.1, -0.05) is 37.3 Å². The maximum atomic E-state index is 11.9. The Labute approximate surface area is 123 Å². The molecule has 0 spiro atoms. The molecular weight excluding hydrogens is 270 g/mol. The topological polar surface area (TPSA) is 54.0 Å². The normalized spacial score (nSPS) is 10.4. The second kappa shape index (κ2) is 7.77. The van der Waals surface area contributed by atoms with Gasteiger partial charge in [0.2, 0.25) is 0 Å². The fraction of sp³-hybridized carbons (Fsp3) is 0.333. The number of carbonyl (C=O) groups is 1. The smallest absolute Gasteiger partial charge is 0.270 e. The van der Waals surface area contributed by atoms with Crippen LogP contribution in [0, 0.1) is 0 Å². The van der Waals surface area contributed by atoms with Crippen LogP contribution in [0.5, 0.6) is 0 Å². The van der Waals surface area contributed by atoms with Gasteiger partial charge in [0, 0.05) is 24.0 Å². The lowest BCUT2D eigenvalue weighted by molar-refractivity contribution is 0.0950. The van der Waals surface area contributed by atoms with Crippen LogP contribution in [0.2, 0.25) is 0 Å². The number of rotatable bonds is 7. The van der Waals surface area contributed by atoms with Gasteiger partial charge in [-0.05, 0) is 13.0 Å². The Morgan fingerprint density at radius 3 is 2.75 bits per heavy atom. The summed E-state index contributed by atoms with van der Waals surface area (Å²) in [5, 5.41) is 8.78. The molecule has 0 aliphatic heterocycles. The molecule has 20 heavy (non-hydrogen) atoms. The predicted octanol–water partition coefficient (Wildman–Crippen LogP) is 2.54. The summed E-state index contributed by atoms with van der Waals surface area (Å²) in [5.41, 5.74) is 1.53. The minimum Gasteiger partial charge on any atom is -0.349 e. The molecule has 0 unspecified atom stereocenters. The highest BCUT2D eigenvalue weighted by atomic mass is 32.1.